The highest BCUT2D eigenvalue weighted by Gasteiger charge is 2.09. The van der Waals surface area contributed by atoms with E-state index in [0.29, 0.717) is 5.69 Å². The van der Waals surface area contributed by atoms with Gasteiger partial charge >= 0.3 is 5.97 Å². The lowest BCUT2D eigenvalue weighted by Crippen LogP contribution is -2.25. The Morgan fingerprint density at radius 1 is 1.33 bits per heavy atom. The molecule has 1 unspecified atom stereocenters. The van der Waals surface area contributed by atoms with Crippen LogP contribution in [0.15, 0.2) is 24.3 Å². The second kappa shape index (κ2) is 4.45. The third-order valence-electron chi connectivity index (χ3n) is 1.90. The van der Waals surface area contributed by atoms with Gasteiger partial charge in [0.15, 0.2) is 0 Å². The molecule has 1 aromatic rings. The molecule has 79 valence electrons. The van der Waals surface area contributed by atoms with Crippen molar-refractivity contribution in [2.45, 2.75) is 13.0 Å². The van der Waals surface area contributed by atoms with Gasteiger partial charge in [0.05, 0.1) is 0 Å². The molecular weight excluding hydrogens is 196 g/mol. The summed E-state index contributed by atoms with van der Waals surface area (Å²) in [5.41, 5.74) is 7.73. The Kier molecular flexibility index (Phi) is 3.28. The molecule has 1 aromatic carbocycles. The maximum atomic E-state index is 10.6. The summed E-state index contributed by atoms with van der Waals surface area (Å²) in [5.74, 6) is -1.71. The lowest BCUT2D eigenvalue weighted by molar-refractivity contribution is -0.137. The normalized spacial score (nSPS) is 11.8. The molecule has 0 heterocycles. The van der Waals surface area contributed by atoms with E-state index in [1.165, 1.54) is 19.1 Å². The molecule has 0 spiro atoms. The van der Waals surface area contributed by atoms with Crippen molar-refractivity contribution in [3.8, 4) is 0 Å². The van der Waals surface area contributed by atoms with Gasteiger partial charge in [-0.1, -0.05) is 0 Å². The van der Waals surface area contributed by atoms with Crippen LogP contribution in [-0.2, 0) is 4.79 Å². The molecule has 1 amide bonds. The average molecular weight is 207 g/mol. The van der Waals surface area contributed by atoms with Crippen LogP contribution in [0.5, 0.6) is 0 Å². The van der Waals surface area contributed by atoms with Crippen LogP contribution in [-0.4, -0.2) is 23.0 Å². The summed E-state index contributed by atoms with van der Waals surface area (Å²) in [7, 11) is 0. The van der Waals surface area contributed by atoms with E-state index in [2.05, 4.69) is 5.32 Å². The van der Waals surface area contributed by atoms with Gasteiger partial charge in [-0.15, -0.1) is 0 Å². The summed E-state index contributed by atoms with van der Waals surface area (Å²) in [6, 6.07) is 5.41. The van der Waals surface area contributed by atoms with E-state index in [-0.39, 0.29) is 5.56 Å². The quantitative estimate of drug-likeness (QED) is 0.770. The number of hydrogen-bond donors (Lipinski definition) is 2. The number of hydrogen-bond acceptors (Lipinski definition) is 3. The molecule has 1 radical (unpaired) electrons. The number of anilines is 1. The second-order valence-corrected chi connectivity index (χ2v) is 3.11. The van der Waals surface area contributed by atoms with Crippen LogP contribution in [0.1, 0.15) is 17.3 Å². The molecule has 5 nitrogen and oxygen atoms in total. The number of aliphatic carboxylic acids is 1. The Morgan fingerprint density at radius 2 is 1.87 bits per heavy atom. The number of carbonyl (C=O) groups excluding carboxylic acids is 1. The van der Waals surface area contributed by atoms with E-state index < -0.39 is 17.9 Å². The Labute approximate surface area is 86.9 Å². The number of carbonyl (C=O) groups is 2. The first-order chi connectivity index (χ1) is 7.00. The van der Waals surface area contributed by atoms with Gasteiger partial charge in [0.25, 0.3) is 5.91 Å². The van der Waals surface area contributed by atoms with Crippen LogP contribution in [0.25, 0.3) is 0 Å². The molecule has 5 heteroatoms. The van der Waals surface area contributed by atoms with Crippen molar-refractivity contribution >= 4 is 17.6 Å². The summed E-state index contributed by atoms with van der Waals surface area (Å²) in [6.07, 6.45) is 0. The minimum Gasteiger partial charge on any atom is -0.480 e. The molecule has 1 atom stereocenters. The predicted molar refractivity (Wildman–Crippen MR) is 54.6 cm³/mol. The predicted octanol–water partition coefficient (Wildman–Crippen LogP) is 0.995. The molecule has 0 aromatic heterocycles. The highest BCUT2D eigenvalue weighted by atomic mass is 16.4. The van der Waals surface area contributed by atoms with Gasteiger partial charge in [-0.25, -0.2) is 0 Å². The standard InChI is InChI=1S/C10H11N2O3/c1-6(10(14)15)12-8-4-2-7(3-5-8)9(11)13/h2-6,11-12H,1H3,(H,14,15). The number of amides is 1. The maximum Gasteiger partial charge on any atom is 0.325 e. The SMILES string of the molecule is CC(Nc1ccc(C([NH])=O)cc1)C(=O)O. The molecule has 15 heavy (non-hydrogen) atoms. The van der Waals surface area contributed by atoms with Crippen molar-refractivity contribution < 1.29 is 14.7 Å². The van der Waals surface area contributed by atoms with Crippen molar-refractivity contribution in [1.29, 1.82) is 0 Å². The monoisotopic (exact) mass is 207 g/mol. The largest absolute Gasteiger partial charge is 0.480 e. The van der Waals surface area contributed by atoms with Crippen LogP contribution >= 0.6 is 0 Å². The van der Waals surface area contributed by atoms with Crippen molar-refractivity contribution in [3.05, 3.63) is 29.8 Å². The van der Waals surface area contributed by atoms with Gasteiger partial charge in [-0.3, -0.25) is 15.3 Å². The minimum absolute atomic E-state index is 0.281. The highest BCUT2D eigenvalue weighted by molar-refractivity contribution is 5.92. The third-order valence-corrected chi connectivity index (χ3v) is 1.90. The summed E-state index contributed by atoms with van der Waals surface area (Å²) >= 11 is 0. The molecule has 0 bridgehead atoms. The minimum atomic E-state index is -0.948. The third kappa shape index (κ3) is 2.98. The zero-order chi connectivity index (χ0) is 11.4. The molecule has 0 saturated carbocycles. The van der Waals surface area contributed by atoms with Crippen molar-refractivity contribution in [2.24, 2.45) is 0 Å². The summed E-state index contributed by atoms with van der Waals surface area (Å²) in [6.45, 7) is 1.52. The van der Waals surface area contributed by atoms with Gasteiger partial charge in [0.1, 0.15) is 6.04 Å². The Bertz CT molecular complexity index is 373. The number of carboxylic acids is 1. The maximum absolute atomic E-state index is 10.6. The smallest absolute Gasteiger partial charge is 0.325 e. The molecule has 1 rings (SSSR count). The van der Waals surface area contributed by atoms with Crippen LogP contribution < -0.4 is 11.1 Å². The van der Waals surface area contributed by atoms with Crippen LogP contribution in [0, 0.1) is 0 Å². The van der Waals surface area contributed by atoms with E-state index in [1.54, 1.807) is 12.1 Å². The van der Waals surface area contributed by atoms with E-state index in [9.17, 15) is 9.59 Å². The number of nitrogens with one attached hydrogen (secondary N) is 2. The lowest BCUT2D eigenvalue weighted by atomic mass is 10.2. The van der Waals surface area contributed by atoms with Crippen LogP contribution in [0.2, 0.25) is 0 Å². The van der Waals surface area contributed by atoms with E-state index >= 15 is 0 Å². The molecule has 0 fully saturated rings. The Balaban J connectivity index is 2.72. The molecule has 0 saturated heterocycles. The van der Waals surface area contributed by atoms with E-state index in [1.807, 2.05) is 0 Å². The second-order valence-electron chi connectivity index (χ2n) is 3.11. The molecule has 0 aliphatic heterocycles. The summed E-state index contributed by atoms with van der Waals surface area (Å²) in [4.78, 5) is 21.2. The van der Waals surface area contributed by atoms with Crippen LogP contribution in [0.4, 0.5) is 5.69 Å². The first-order valence-corrected chi connectivity index (χ1v) is 4.36. The van der Waals surface area contributed by atoms with Gasteiger partial charge < -0.3 is 10.4 Å². The summed E-state index contributed by atoms with van der Waals surface area (Å²) in [5, 5.41) is 11.4. The fourth-order valence-corrected chi connectivity index (χ4v) is 1.03. The highest BCUT2D eigenvalue weighted by Crippen LogP contribution is 2.10. The lowest BCUT2D eigenvalue weighted by Gasteiger charge is -2.10. The van der Waals surface area contributed by atoms with Crippen molar-refractivity contribution in [1.82, 2.24) is 5.73 Å². The van der Waals surface area contributed by atoms with E-state index in [4.69, 9.17) is 10.8 Å². The van der Waals surface area contributed by atoms with E-state index in [0.717, 1.165) is 0 Å². The summed E-state index contributed by atoms with van der Waals surface area (Å²) < 4.78 is 0. The van der Waals surface area contributed by atoms with Crippen molar-refractivity contribution in [2.75, 3.05) is 5.32 Å². The average Bonchev–Trinajstić information content (AvgIpc) is 2.18. The molecule has 3 N–H and O–H groups in total. The first kappa shape index (κ1) is 11.0. The van der Waals surface area contributed by atoms with Gasteiger partial charge in [-0.2, -0.15) is 0 Å². The van der Waals surface area contributed by atoms with Crippen molar-refractivity contribution in [3.63, 3.8) is 0 Å². The molecular formula is C10H11N2O3. The number of benzene rings is 1. The molecule has 0 aliphatic rings. The fraction of sp³-hybridized carbons (Fsp3) is 0.200. The Hall–Kier alpha value is -2.04. The zero-order valence-electron chi connectivity index (χ0n) is 8.15. The zero-order valence-corrected chi connectivity index (χ0v) is 8.15. The number of rotatable bonds is 4. The fourth-order valence-electron chi connectivity index (χ4n) is 1.03. The Morgan fingerprint density at radius 3 is 2.27 bits per heavy atom. The van der Waals surface area contributed by atoms with Gasteiger partial charge in [0, 0.05) is 11.3 Å². The topological polar surface area (TPSA) is 90.2 Å². The molecule has 0 aliphatic carbocycles. The first-order valence-electron chi connectivity index (χ1n) is 4.36. The van der Waals surface area contributed by atoms with Gasteiger partial charge in [-0.05, 0) is 31.2 Å². The van der Waals surface area contributed by atoms with Gasteiger partial charge in [0.2, 0.25) is 0 Å². The van der Waals surface area contributed by atoms with Crippen LogP contribution in [0.3, 0.4) is 0 Å². The number of carboxylic acid groups (broad SMARTS) is 1.